The molecule has 0 atom stereocenters. The van der Waals surface area contributed by atoms with E-state index in [2.05, 4.69) is 15.0 Å². The Balaban J connectivity index is 1.62. The number of imidazole rings is 1. The number of amides is 2. The average Bonchev–Trinajstić information content (AvgIpc) is 3.41. The molecular formula is C21H20N4O4. The summed E-state index contributed by atoms with van der Waals surface area (Å²) >= 11 is 0. The number of methoxy groups -OCH3 is 1. The first kappa shape index (κ1) is 18.7. The van der Waals surface area contributed by atoms with Gasteiger partial charge in [-0.05, 0) is 49.2 Å². The predicted octanol–water partition coefficient (Wildman–Crippen LogP) is 2.61. The number of ether oxygens (including phenoxy) is 1. The molecule has 8 heteroatoms. The number of anilines is 1. The van der Waals surface area contributed by atoms with E-state index >= 15 is 0 Å². The van der Waals surface area contributed by atoms with Crippen LogP contribution in [0.25, 0.3) is 5.52 Å². The minimum Gasteiger partial charge on any atom is -0.465 e. The fourth-order valence-electron chi connectivity index (χ4n) is 3.42. The number of carbonyl (C=O) groups excluding carboxylic acids is 3. The summed E-state index contributed by atoms with van der Waals surface area (Å²) in [6.45, 7) is 1.41. The molecule has 0 spiro atoms. The maximum atomic E-state index is 12.9. The maximum absolute atomic E-state index is 12.9. The number of pyridine rings is 1. The molecule has 3 aromatic rings. The van der Waals surface area contributed by atoms with E-state index in [4.69, 9.17) is 0 Å². The van der Waals surface area contributed by atoms with E-state index in [1.165, 1.54) is 7.11 Å². The van der Waals surface area contributed by atoms with Gasteiger partial charge in [-0.3, -0.25) is 14.0 Å². The highest BCUT2D eigenvalue weighted by atomic mass is 16.5. The fraction of sp³-hybridized carbons (Fsp3) is 0.238. The van der Waals surface area contributed by atoms with Crippen molar-refractivity contribution in [1.82, 2.24) is 14.3 Å². The lowest BCUT2D eigenvalue weighted by molar-refractivity contribution is 0.0600. The smallest absolute Gasteiger partial charge is 0.337 e. The van der Waals surface area contributed by atoms with Crippen LogP contribution >= 0.6 is 0 Å². The number of hydrogen-bond donors (Lipinski definition) is 1. The molecule has 0 unspecified atom stereocenters. The van der Waals surface area contributed by atoms with Gasteiger partial charge in [-0.1, -0.05) is 6.07 Å². The van der Waals surface area contributed by atoms with Gasteiger partial charge in [-0.2, -0.15) is 0 Å². The first-order valence-electron chi connectivity index (χ1n) is 9.34. The molecule has 4 rings (SSSR count). The highest BCUT2D eigenvalue weighted by Gasteiger charge is 2.26. The number of fused-ring (bicyclic) bond motifs is 1. The van der Waals surface area contributed by atoms with Crippen LogP contribution in [0.5, 0.6) is 0 Å². The van der Waals surface area contributed by atoms with Crippen molar-refractivity contribution >= 4 is 29.0 Å². The van der Waals surface area contributed by atoms with Crippen molar-refractivity contribution in [3.05, 3.63) is 65.7 Å². The molecule has 1 N–H and O–H groups in total. The fourth-order valence-corrected chi connectivity index (χ4v) is 3.42. The van der Waals surface area contributed by atoms with E-state index in [1.807, 2.05) is 6.07 Å². The second-order valence-electron chi connectivity index (χ2n) is 6.76. The molecule has 1 saturated heterocycles. The third-order valence-electron chi connectivity index (χ3n) is 4.91. The number of carbonyl (C=O) groups is 3. The topological polar surface area (TPSA) is 93.0 Å². The monoisotopic (exact) mass is 392 g/mol. The molecule has 1 fully saturated rings. The number of rotatable bonds is 4. The Labute approximate surface area is 167 Å². The van der Waals surface area contributed by atoms with Crippen LogP contribution in [0.15, 0.2) is 48.7 Å². The highest BCUT2D eigenvalue weighted by molar-refractivity contribution is 6.06. The first-order chi connectivity index (χ1) is 14.1. The number of benzene rings is 1. The van der Waals surface area contributed by atoms with E-state index in [1.54, 1.807) is 51.9 Å². The van der Waals surface area contributed by atoms with Gasteiger partial charge in [0.25, 0.3) is 11.8 Å². The zero-order chi connectivity index (χ0) is 20.4. The zero-order valence-corrected chi connectivity index (χ0v) is 15.9. The third kappa shape index (κ3) is 3.56. The summed E-state index contributed by atoms with van der Waals surface area (Å²) in [4.78, 5) is 43.4. The number of hydrogen-bond acceptors (Lipinski definition) is 5. The normalized spacial score (nSPS) is 13.5. The van der Waals surface area contributed by atoms with Gasteiger partial charge in [-0.25, -0.2) is 9.78 Å². The van der Waals surface area contributed by atoms with Crippen molar-refractivity contribution in [2.45, 2.75) is 12.8 Å². The number of nitrogens with one attached hydrogen (secondary N) is 1. The molecule has 2 aromatic heterocycles. The quantitative estimate of drug-likeness (QED) is 0.689. The Morgan fingerprint density at radius 1 is 1.03 bits per heavy atom. The molecule has 2 amide bonds. The van der Waals surface area contributed by atoms with Crippen molar-refractivity contribution in [3.8, 4) is 0 Å². The van der Waals surface area contributed by atoms with Gasteiger partial charge in [0.2, 0.25) is 5.82 Å². The summed E-state index contributed by atoms with van der Waals surface area (Å²) in [5.74, 6) is -0.933. The van der Waals surface area contributed by atoms with Gasteiger partial charge >= 0.3 is 5.97 Å². The van der Waals surface area contributed by atoms with Crippen LogP contribution in [0.4, 0.5) is 5.69 Å². The van der Waals surface area contributed by atoms with Gasteiger partial charge in [0.05, 0.1) is 18.2 Å². The second-order valence-corrected chi connectivity index (χ2v) is 6.76. The summed E-state index contributed by atoms with van der Waals surface area (Å²) in [6, 6.07) is 11.7. The zero-order valence-electron chi connectivity index (χ0n) is 15.9. The van der Waals surface area contributed by atoms with Gasteiger partial charge in [0.15, 0.2) is 5.69 Å². The summed E-state index contributed by atoms with van der Waals surface area (Å²) in [5, 5.41) is 2.76. The molecule has 0 bridgehead atoms. The van der Waals surface area contributed by atoms with Crippen molar-refractivity contribution in [3.63, 3.8) is 0 Å². The maximum Gasteiger partial charge on any atom is 0.337 e. The van der Waals surface area contributed by atoms with Crippen LogP contribution in [0, 0.1) is 0 Å². The number of nitrogens with zero attached hydrogens (tertiary/aromatic N) is 3. The number of esters is 1. The molecule has 0 saturated carbocycles. The lowest BCUT2D eigenvalue weighted by Gasteiger charge is -2.13. The molecule has 0 aliphatic carbocycles. The number of aromatic nitrogens is 2. The molecule has 1 aliphatic rings. The van der Waals surface area contributed by atoms with E-state index in [0.29, 0.717) is 29.9 Å². The SMILES string of the molecule is COC(=O)c1ccc(NC(=O)c2nc(C(=O)N3CCCC3)c3ccccn23)cc1. The summed E-state index contributed by atoms with van der Waals surface area (Å²) in [6.07, 6.45) is 3.66. The first-order valence-corrected chi connectivity index (χ1v) is 9.34. The standard InChI is InChI=1S/C21H20N4O4/c1-29-21(28)14-7-9-15(10-8-14)22-19(26)18-23-17(16-6-2-3-13-25(16)18)20(27)24-11-4-5-12-24/h2-3,6-10,13H,4-5,11-12H2,1H3,(H,22,26). The average molecular weight is 392 g/mol. The van der Waals surface area contributed by atoms with E-state index in [9.17, 15) is 14.4 Å². The minimum absolute atomic E-state index is 0.125. The van der Waals surface area contributed by atoms with Crippen LogP contribution in [0.1, 0.15) is 44.3 Å². The Kier molecular flexibility index (Phi) is 4.99. The Morgan fingerprint density at radius 2 is 1.76 bits per heavy atom. The summed E-state index contributed by atoms with van der Waals surface area (Å²) in [5.41, 5.74) is 1.76. The molecule has 0 radical (unpaired) electrons. The molecule has 148 valence electrons. The lowest BCUT2D eigenvalue weighted by Crippen LogP contribution is -2.28. The third-order valence-corrected chi connectivity index (χ3v) is 4.91. The van der Waals surface area contributed by atoms with E-state index in [0.717, 1.165) is 12.8 Å². The molecule has 8 nitrogen and oxygen atoms in total. The van der Waals surface area contributed by atoms with E-state index in [-0.39, 0.29) is 17.4 Å². The lowest BCUT2D eigenvalue weighted by atomic mass is 10.2. The largest absolute Gasteiger partial charge is 0.465 e. The molecule has 29 heavy (non-hydrogen) atoms. The number of likely N-dealkylation sites (tertiary alicyclic amines) is 1. The van der Waals surface area contributed by atoms with Gasteiger partial charge < -0.3 is 15.0 Å². The Morgan fingerprint density at radius 3 is 2.45 bits per heavy atom. The van der Waals surface area contributed by atoms with Crippen LogP contribution < -0.4 is 5.32 Å². The predicted molar refractivity (Wildman–Crippen MR) is 106 cm³/mol. The second kappa shape index (κ2) is 7.75. The highest BCUT2D eigenvalue weighted by Crippen LogP contribution is 2.19. The van der Waals surface area contributed by atoms with Gasteiger partial charge in [0.1, 0.15) is 0 Å². The Bertz CT molecular complexity index is 1080. The molecular weight excluding hydrogens is 372 g/mol. The van der Waals surface area contributed by atoms with Crippen molar-refractivity contribution in [1.29, 1.82) is 0 Å². The minimum atomic E-state index is -0.452. The summed E-state index contributed by atoms with van der Waals surface area (Å²) in [7, 11) is 1.31. The van der Waals surface area contributed by atoms with Gasteiger partial charge in [0, 0.05) is 25.0 Å². The Hall–Kier alpha value is -3.68. The van der Waals surface area contributed by atoms with Crippen molar-refractivity contribution in [2.24, 2.45) is 0 Å². The molecule has 3 heterocycles. The molecule has 1 aliphatic heterocycles. The van der Waals surface area contributed by atoms with Crippen LogP contribution in [0.3, 0.4) is 0 Å². The van der Waals surface area contributed by atoms with E-state index < -0.39 is 11.9 Å². The summed E-state index contributed by atoms with van der Waals surface area (Å²) < 4.78 is 6.28. The molecule has 1 aromatic carbocycles. The van der Waals surface area contributed by atoms with Crippen LogP contribution in [-0.2, 0) is 4.74 Å². The van der Waals surface area contributed by atoms with Crippen LogP contribution in [0.2, 0.25) is 0 Å². The van der Waals surface area contributed by atoms with Crippen LogP contribution in [-0.4, -0.2) is 52.3 Å². The van der Waals surface area contributed by atoms with Crippen molar-refractivity contribution in [2.75, 3.05) is 25.5 Å². The van der Waals surface area contributed by atoms with Gasteiger partial charge in [-0.15, -0.1) is 0 Å². The van der Waals surface area contributed by atoms with Crippen molar-refractivity contribution < 1.29 is 19.1 Å².